The van der Waals surface area contributed by atoms with Gasteiger partial charge in [-0.05, 0) is 68.4 Å². The SMILES string of the molecule is CC(C)C(=O)Nc1ccc(NC23CC4CC(CC(C4)C2)C3)nc1. The zero-order valence-corrected chi connectivity index (χ0v) is 14.1. The van der Waals surface area contributed by atoms with Crippen molar-refractivity contribution >= 4 is 17.4 Å². The van der Waals surface area contributed by atoms with Gasteiger partial charge in [-0.25, -0.2) is 4.98 Å². The molecule has 0 unspecified atom stereocenters. The van der Waals surface area contributed by atoms with Crippen LogP contribution in [0.4, 0.5) is 11.5 Å². The second kappa shape index (κ2) is 5.50. The van der Waals surface area contributed by atoms with Crippen molar-refractivity contribution in [3.05, 3.63) is 18.3 Å². The number of rotatable bonds is 4. The molecule has 4 saturated carbocycles. The van der Waals surface area contributed by atoms with Gasteiger partial charge in [0.1, 0.15) is 5.82 Å². The maximum atomic E-state index is 11.7. The first-order valence-electron chi connectivity index (χ1n) is 9.06. The van der Waals surface area contributed by atoms with E-state index in [4.69, 9.17) is 0 Å². The Labute approximate surface area is 138 Å². The van der Waals surface area contributed by atoms with Gasteiger partial charge in [0.25, 0.3) is 0 Å². The first-order chi connectivity index (χ1) is 11.0. The van der Waals surface area contributed by atoms with Crippen molar-refractivity contribution in [1.82, 2.24) is 4.98 Å². The van der Waals surface area contributed by atoms with Crippen LogP contribution < -0.4 is 10.6 Å². The van der Waals surface area contributed by atoms with Gasteiger partial charge in [0.15, 0.2) is 0 Å². The summed E-state index contributed by atoms with van der Waals surface area (Å²) in [6.07, 6.45) is 10.1. The van der Waals surface area contributed by atoms with E-state index in [1.54, 1.807) is 6.20 Å². The number of anilines is 2. The van der Waals surface area contributed by atoms with Crippen molar-refractivity contribution in [3.8, 4) is 0 Å². The quantitative estimate of drug-likeness (QED) is 0.881. The fourth-order valence-corrected chi connectivity index (χ4v) is 5.36. The number of carbonyl (C=O) groups excluding carboxylic acids is 1. The number of aromatic nitrogens is 1. The lowest BCUT2D eigenvalue weighted by atomic mass is 9.53. The van der Waals surface area contributed by atoms with Crippen LogP contribution in [-0.4, -0.2) is 16.4 Å². The Morgan fingerprint density at radius 1 is 1.13 bits per heavy atom. The van der Waals surface area contributed by atoms with Gasteiger partial charge in [-0.15, -0.1) is 0 Å². The molecule has 4 heteroatoms. The van der Waals surface area contributed by atoms with Crippen molar-refractivity contribution in [2.75, 3.05) is 10.6 Å². The Morgan fingerprint density at radius 3 is 2.22 bits per heavy atom. The van der Waals surface area contributed by atoms with E-state index >= 15 is 0 Å². The van der Waals surface area contributed by atoms with E-state index in [1.165, 1.54) is 38.5 Å². The zero-order chi connectivity index (χ0) is 16.0. The van der Waals surface area contributed by atoms with Crippen LogP contribution in [-0.2, 0) is 4.79 Å². The molecule has 4 fully saturated rings. The average Bonchev–Trinajstić information content (AvgIpc) is 2.47. The highest BCUT2D eigenvalue weighted by atomic mass is 16.1. The highest BCUT2D eigenvalue weighted by Gasteiger charge is 2.50. The Bertz CT molecular complexity index is 558. The summed E-state index contributed by atoms with van der Waals surface area (Å²) in [6, 6.07) is 3.96. The van der Waals surface area contributed by atoms with E-state index < -0.39 is 0 Å². The molecule has 1 amide bonds. The van der Waals surface area contributed by atoms with Crippen molar-refractivity contribution in [2.24, 2.45) is 23.7 Å². The zero-order valence-electron chi connectivity index (χ0n) is 14.1. The molecule has 0 saturated heterocycles. The fourth-order valence-electron chi connectivity index (χ4n) is 5.36. The summed E-state index contributed by atoms with van der Waals surface area (Å²) in [6.45, 7) is 3.79. The van der Waals surface area contributed by atoms with Crippen LogP contribution in [0.5, 0.6) is 0 Å². The number of amides is 1. The standard InChI is InChI=1S/C19H27N3O/c1-12(2)18(23)21-16-3-4-17(20-11-16)22-19-8-13-5-14(9-19)7-15(6-13)10-19/h3-4,11-15H,5-10H2,1-2H3,(H,20,22)(H,21,23). The summed E-state index contributed by atoms with van der Waals surface area (Å²) >= 11 is 0. The summed E-state index contributed by atoms with van der Waals surface area (Å²) < 4.78 is 0. The maximum Gasteiger partial charge on any atom is 0.226 e. The fraction of sp³-hybridized carbons (Fsp3) is 0.684. The molecule has 2 N–H and O–H groups in total. The number of nitrogens with zero attached hydrogens (tertiary/aromatic N) is 1. The summed E-state index contributed by atoms with van der Waals surface area (Å²) in [5, 5.41) is 6.66. The topological polar surface area (TPSA) is 54.0 Å². The largest absolute Gasteiger partial charge is 0.365 e. The molecule has 0 radical (unpaired) electrons. The second-order valence-corrected chi connectivity index (χ2v) is 8.40. The molecule has 0 aromatic carbocycles. The molecule has 4 bridgehead atoms. The summed E-state index contributed by atoms with van der Waals surface area (Å²) in [4.78, 5) is 16.3. The Balaban J connectivity index is 1.44. The van der Waals surface area contributed by atoms with Gasteiger partial charge < -0.3 is 10.6 Å². The Hall–Kier alpha value is -1.58. The van der Waals surface area contributed by atoms with Crippen molar-refractivity contribution in [2.45, 2.75) is 57.9 Å². The minimum atomic E-state index is -0.0140. The van der Waals surface area contributed by atoms with Crippen LogP contribution in [0.15, 0.2) is 18.3 Å². The number of carbonyl (C=O) groups is 1. The van der Waals surface area contributed by atoms with Gasteiger partial charge in [-0.3, -0.25) is 4.79 Å². The molecular formula is C19H27N3O. The van der Waals surface area contributed by atoms with Gasteiger partial charge in [-0.1, -0.05) is 13.8 Å². The lowest BCUT2D eigenvalue weighted by Gasteiger charge is -2.57. The van der Waals surface area contributed by atoms with Crippen molar-refractivity contribution in [1.29, 1.82) is 0 Å². The van der Waals surface area contributed by atoms with Crippen molar-refractivity contribution < 1.29 is 4.79 Å². The number of nitrogens with one attached hydrogen (secondary N) is 2. The van der Waals surface area contributed by atoms with Gasteiger partial charge in [0.2, 0.25) is 5.91 Å². The molecule has 0 spiro atoms. The van der Waals surface area contributed by atoms with Crippen LogP contribution >= 0.6 is 0 Å². The number of hydrogen-bond acceptors (Lipinski definition) is 3. The molecule has 1 aromatic rings. The Morgan fingerprint density at radius 2 is 1.74 bits per heavy atom. The first-order valence-corrected chi connectivity index (χ1v) is 9.06. The van der Waals surface area contributed by atoms with Gasteiger partial charge in [0, 0.05) is 11.5 Å². The van der Waals surface area contributed by atoms with Crippen LogP contribution in [0.2, 0.25) is 0 Å². The summed E-state index contributed by atoms with van der Waals surface area (Å²) in [5.41, 5.74) is 1.06. The van der Waals surface area contributed by atoms with E-state index in [9.17, 15) is 4.79 Å². The van der Waals surface area contributed by atoms with E-state index in [2.05, 4.69) is 15.6 Å². The molecule has 1 aromatic heterocycles. The minimum absolute atomic E-state index is 0.0140. The van der Waals surface area contributed by atoms with Crippen LogP contribution in [0.25, 0.3) is 0 Å². The monoisotopic (exact) mass is 313 g/mol. The normalized spacial score (nSPS) is 34.7. The molecule has 0 atom stereocenters. The molecular weight excluding hydrogens is 286 g/mol. The molecule has 0 aliphatic heterocycles. The molecule has 4 aliphatic carbocycles. The summed E-state index contributed by atoms with van der Waals surface area (Å²) in [5.74, 6) is 3.76. The van der Waals surface area contributed by atoms with E-state index in [0.29, 0.717) is 0 Å². The lowest BCUT2D eigenvalue weighted by Crippen LogP contribution is -2.54. The predicted molar refractivity (Wildman–Crippen MR) is 92.2 cm³/mol. The third kappa shape index (κ3) is 2.96. The minimum Gasteiger partial charge on any atom is -0.365 e. The van der Waals surface area contributed by atoms with E-state index in [0.717, 1.165) is 29.3 Å². The van der Waals surface area contributed by atoms with E-state index in [1.807, 2.05) is 26.0 Å². The third-order valence-corrected chi connectivity index (χ3v) is 5.99. The third-order valence-electron chi connectivity index (χ3n) is 5.99. The highest BCUT2D eigenvalue weighted by molar-refractivity contribution is 5.91. The van der Waals surface area contributed by atoms with Crippen molar-refractivity contribution in [3.63, 3.8) is 0 Å². The smallest absolute Gasteiger partial charge is 0.226 e. The van der Waals surface area contributed by atoms with E-state index in [-0.39, 0.29) is 17.4 Å². The van der Waals surface area contributed by atoms with Gasteiger partial charge in [0.05, 0.1) is 11.9 Å². The predicted octanol–water partition coefficient (Wildman–Crippen LogP) is 4.06. The second-order valence-electron chi connectivity index (χ2n) is 8.40. The van der Waals surface area contributed by atoms with Gasteiger partial charge >= 0.3 is 0 Å². The molecule has 4 nitrogen and oxygen atoms in total. The lowest BCUT2D eigenvalue weighted by molar-refractivity contribution is -0.118. The maximum absolute atomic E-state index is 11.7. The molecule has 124 valence electrons. The molecule has 5 rings (SSSR count). The van der Waals surface area contributed by atoms with Crippen LogP contribution in [0, 0.1) is 23.7 Å². The summed E-state index contributed by atoms with van der Waals surface area (Å²) in [7, 11) is 0. The highest BCUT2D eigenvalue weighted by Crippen LogP contribution is 2.56. The molecule has 4 aliphatic rings. The number of hydrogen-bond donors (Lipinski definition) is 2. The van der Waals surface area contributed by atoms with Crippen LogP contribution in [0.1, 0.15) is 52.4 Å². The Kier molecular flexibility index (Phi) is 3.58. The van der Waals surface area contributed by atoms with Crippen LogP contribution in [0.3, 0.4) is 0 Å². The molecule has 23 heavy (non-hydrogen) atoms. The number of pyridine rings is 1. The molecule has 1 heterocycles. The van der Waals surface area contributed by atoms with Gasteiger partial charge in [-0.2, -0.15) is 0 Å². The average molecular weight is 313 g/mol. The first kappa shape index (κ1) is 15.0.